The fourth-order valence-corrected chi connectivity index (χ4v) is 2.73. The van der Waals surface area contributed by atoms with Crippen LogP contribution in [0.1, 0.15) is 26.3 Å². The number of fused-ring (bicyclic) bond motifs is 1. The van der Waals surface area contributed by atoms with Crippen molar-refractivity contribution < 1.29 is 23.8 Å². The lowest BCUT2D eigenvalue weighted by Gasteiger charge is -2.15. The molecule has 7 nitrogen and oxygen atoms in total. The Kier molecular flexibility index (Phi) is 4.79. The molecule has 2 N–H and O–H groups in total. The molecule has 0 aromatic heterocycles. The second-order valence-corrected chi connectivity index (χ2v) is 5.46. The van der Waals surface area contributed by atoms with Crippen LogP contribution in [-0.4, -0.2) is 33.0 Å². The highest BCUT2D eigenvalue weighted by Crippen LogP contribution is 2.38. The van der Waals surface area contributed by atoms with Crippen molar-refractivity contribution in [2.24, 2.45) is 0 Å². The number of hydrogen-bond acceptors (Lipinski definition) is 6. The first kappa shape index (κ1) is 17.3. The summed E-state index contributed by atoms with van der Waals surface area (Å²) >= 11 is 0. The monoisotopic (exact) mass is 354 g/mol. The molecule has 0 fully saturated rings. The lowest BCUT2D eigenvalue weighted by atomic mass is 10.1. The number of ketones is 1. The van der Waals surface area contributed by atoms with Gasteiger partial charge >= 0.3 is 0 Å². The van der Waals surface area contributed by atoms with Crippen molar-refractivity contribution in [2.75, 3.05) is 21.3 Å². The molecule has 0 saturated carbocycles. The summed E-state index contributed by atoms with van der Waals surface area (Å²) in [6.45, 7) is 0. The second kappa shape index (κ2) is 7.18. The van der Waals surface area contributed by atoms with Crippen LogP contribution in [0, 0.1) is 0 Å². The van der Waals surface area contributed by atoms with E-state index in [2.05, 4.69) is 10.9 Å². The van der Waals surface area contributed by atoms with Crippen LogP contribution in [-0.2, 0) is 0 Å². The van der Waals surface area contributed by atoms with Crippen molar-refractivity contribution >= 4 is 17.4 Å². The Hall–Kier alpha value is -3.48. The van der Waals surface area contributed by atoms with Gasteiger partial charge in [-0.3, -0.25) is 20.4 Å². The van der Waals surface area contributed by atoms with Crippen molar-refractivity contribution in [2.45, 2.75) is 0 Å². The van der Waals surface area contributed by atoms with Crippen LogP contribution in [0.3, 0.4) is 0 Å². The van der Waals surface area contributed by atoms with Gasteiger partial charge in [-0.25, -0.2) is 0 Å². The van der Waals surface area contributed by atoms with Gasteiger partial charge in [0, 0.05) is 22.8 Å². The molecular formula is C19H18N2O5. The maximum absolute atomic E-state index is 12.5. The first-order valence-corrected chi connectivity index (χ1v) is 7.80. The van der Waals surface area contributed by atoms with Crippen molar-refractivity contribution in [1.82, 2.24) is 10.9 Å². The maximum atomic E-state index is 12.5. The van der Waals surface area contributed by atoms with Gasteiger partial charge in [-0.1, -0.05) is 24.3 Å². The van der Waals surface area contributed by atoms with E-state index in [1.807, 2.05) is 12.1 Å². The summed E-state index contributed by atoms with van der Waals surface area (Å²) in [5.74, 6) is 0.625. The average molecular weight is 354 g/mol. The minimum atomic E-state index is -0.415. The van der Waals surface area contributed by atoms with Crippen LogP contribution < -0.4 is 25.1 Å². The highest BCUT2D eigenvalue weighted by atomic mass is 16.5. The number of carbonyl (C=O) groups excluding carboxylic acids is 2. The Morgan fingerprint density at radius 3 is 2.12 bits per heavy atom. The van der Waals surface area contributed by atoms with Gasteiger partial charge < -0.3 is 14.2 Å². The Labute approximate surface area is 150 Å². The number of nitrogens with one attached hydrogen (secondary N) is 2. The number of carbonyl (C=O) groups is 2. The molecule has 3 rings (SSSR count). The quantitative estimate of drug-likeness (QED) is 0.774. The summed E-state index contributed by atoms with van der Waals surface area (Å²) in [6, 6.07) is 10.3. The maximum Gasteiger partial charge on any atom is 0.269 e. The standard InChI is InChI=1S/C19H18N2O5/c1-24-16-8-11(9-17(25-2)18(16)26-3)19(23)21-20-14-10-15(22)13-7-5-4-6-12(13)14/h4-10,20H,1-3H3,(H,21,23). The number of methoxy groups -OCH3 is 3. The van der Waals surface area contributed by atoms with E-state index in [9.17, 15) is 9.59 Å². The highest BCUT2D eigenvalue weighted by molar-refractivity contribution is 6.16. The third-order valence-electron chi connectivity index (χ3n) is 4.00. The molecule has 0 bridgehead atoms. The molecule has 2 aromatic carbocycles. The molecule has 2 aromatic rings. The van der Waals surface area contributed by atoms with Crippen molar-refractivity contribution in [1.29, 1.82) is 0 Å². The lowest BCUT2D eigenvalue weighted by molar-refractivity contribution is 0.0940. The molecule has 0 spiro atoms. The largest absolute Gasteiger partial charge is 0.493 e. The minimum absolute atomic E-state index is 0.106. The van der Waals surface area contributed by atoms with Crippen LogP contribution in [0.25, 0.3) is 5.70 Å². The number of hydrazine groups is 1. The molecule has 0 atom stereocenters. The first-order valence-electron chi connectivity index (χ1n) is 7.80. The van der Waals surface area contributed by atoms with Gasteiger partial charge in [0.15, 0.2) is 17.3 Å². The van der Waals surface area contributed by atoms with Crippen LogP contribution in [0.2, 0.25) is 0 Å². The summed E-state index contributed by atoms with van der Waals surface area (Å²) in [5, 5.41) is 0. The summed E-state index contributed by atoms with van der Waals surface area (Å²) in [6.07, 6.45) is 1.44. The van der Waals surface area contributed by atoms with E-state index in [0.29, 0.717) is 34.1 Å². The van der Waals surface area contributed by atoms with E-state index in [1.165, 1.54) is 27.4 Å². The fraction of sp³-hybridized carbons (Fsp3) is 0.158. The van der Waals surface area contributed by atoms with Gasteiger partial charge in [-0.05, 0) is 12.1 Å². The number of ether oxygens (including phenoxy) is 3. The van der Waals surface area contributed by atoms with Crippen molar-refractivity contribution in [3.63, 3.8) is 0 Å². The molecule has 0 saturated heterocycles. The van der Waals surface area contributed by atoms with E-state index in [-0.39, 0.29) is 5.78 Å². The number of allylic oxidation sites excluding steroid dienone is 1. The third kappa shape index (κ3) is 3.06. The molecule has 134 valence electrons. The van der Waals surface area contributed by atoms with Gasteiger partial charge in [0.2, 0.25) is 5.75 Å². The molecule has 26 heavy (non-hydrogen) atoms. The van der Waals surface area contributed by atoms with E-state index in [1.54, 1.807) is 24.3 Å². The summed E-state index contributed by atoms with van der Waals surface area (Å²) < 4.78 is 15.7. The Balaban J connectivity index is 1.79. The number of rotatable bonds is 6. The van der Waals surface area contributed by atoms with Gasteiger partial charge in [0.1, 0.15) is 0 Å². The average Bonchev–Trinajstić information content (AvgIpc) is 3.00. The van der Waals surface area contributed by atoms with Crippen LogP contribution in [0.4, 0.5) is 0 Å². The SMILES string of the molecule is COc1cc(C(=O)NNC2=CC(=O)c3ccccc32)cc(OC)c1OC. The molecule has 1 aliphatic carbocycles. The number of benzene rings is 2. The second-order valence-electron chi connectivity index (χ2n) is 5.46. The van der Waals surface area contributed by atoms with Gasteiger partial charge in [-0.2, -0.15) is 0 Å². The molecule has 1 amide bonds. The molecule has 0 heterocycles. The lowest BCUT2D eigenvalue weighted by Crippen LogP contribution is -2.35. The Morgan fingerprint density at radius 2 is 1.54 bits per heavy atom. The van der Waals surface area contributed by atoms with Gasteiger partial charge in [0.05, 0.1) is 27.0 Å². The summed E-state index contributed by atoms with van der Waals surface area (Å²) in [5.41, 5.74) is 7.56. The number of hydrogen-bond donors (Lipinski definition) is 2. The fourth-order valence-electron chi connectivity index (χ4n) is 2.73. The predicted molar refractivity (Wildman–Crippen MR) is 95.4 cm³/mol. The summed E-state index contributed by atoms with van der Waals surface area (Å²) in [7, 11) is 4.44. The molecule has 0 radical (unpaired) electrons. The van der Waals surface area contributed by atoms with Gasteiger partial charge in [0.25, 0.3) is 5.91 Å². The third-order valence-corrected chi connectivity index (χ3v) is 4.00. The zero-order valence-corrected chi connectivity index (χ0v) is 14.6. The topological polar surface area (TPSA) is 85.9 Å². The van der Waals surface area contributed by atoms with Crippen molar-refractivity contribution in [3.8, 4) is 17.2 Å². The first-order chi connectivity index (χ1) is 12.6. The normalized spacial score (nSPS) is 12.1. The Morgan fingerprint density at radius 1 is 0.923 bits per heavy atom. The minimum Gasteiger partial charge on any atom is -0.493 e. The van der Waals surface area contributed by atoms with Crippen LogP contribution in [0.15, 0.2) is 42.5 Å². The molecule has 1 aliphatic rings. The van der Waals surface area contributed by atoms with Crippen LogP contribution >= 0.6 is 0 Å². The van der Waals surface area contributed by atoms with E-state index < -0.39 is 5.91 Å². The summed E-state index contributed by atoms with van der Waals surface area (Å²) in [4.78, 5) is 24.4. The van der Waals surface area contributed by atoms with Crippen molar-refractivity contribution in [3.05, 3.63) is 59.2 Å². The zero-order valence-electron chi connectivity index (χ0n) is 14.6. The predicted octanol–water partition coefficient (Wildman–Crippen LogP) is 2.18. The van der Waals surface area contributed by atoms with E-state index in [4.69, 9.17) is 14.2 Å². The molecule has 7 heteroatoms. The highest BCUT2D eigenvalue weighted by Gasteiger charge is 2.21. The molecular weight excluding hydrogens is 336 g/mol. The zero-order chi connectivity index (χ0) is 18.7. The van der Waals surface area contributed by atoms with Gasteiger partial charge in [-0.15, -0.1) is 0 Å². The number of amides is 1. The smallest absolute Gasteiger partial charge is 0.269 e. The Bertz CT molecular complexity index is 880. The van der Waals surface area contributed by atoms with E-state index >= 15 is 0 Å². The molecule has 0 unspecified atom stereocenters. The van der Waals surface area contributed by atoms with E-state index in [0.717, 1.165) is 5.56 Å². The van der Waals surface area contributed by atoms with Crippen LogP contribution in [0.5, 0.6) is 17.2 Å². The molecule has 0 aliphatic heterocycles.